The average Bonchev–Trinajstić information content (AvgIpc) is 1.85. The SMILES string of the molecule is CCCC(=O)OCC#N. The first-order valence-electron chi connectivity index (χ1n) is 2.83. The van der Waals surface area contributed by atoms with Crippen LogP contribution in [-0.2, 0) is 9.53 Å². The van der Waals surface area contributed by atoms with Gasteiger partial charge in [0.1, 0.15) is 6.07 Å². The quantitative estimate of drug-likeness (QED) is 0.528. The van der Waals surface area contributed by atoms with Crippen LogP contribution in [0.5, 0.6) is 0 Å². The summed E-state index contributed by atoms with van der Waals surface area (Å²) >= 11 is 0. The first kappa shape index (κ1) is 7.96. The highest BCUT2D eigenvalue weighted by Crippen LogP contribution is 1.89. The fraction of sp³-hybridized carbons (Fsp3) is 0.667. The molecule has 0 saturated carbocycles. The van der Waals surface area contributed by atoms with Gasteiger partial charge in [-0.3, -0.25) is 4.79 Å². The minimum atomic E-state index is -0.293. The highest BCUT2D eigenvalue weighted by atomic mass is 16.5. The largest absolute Gasteiger partial charge is 0.450 e. The second kappa shape index (κ2) is 5.10. The van der Waals surface area contributed by atoms with Crippen molar-refractivity contribution in [2.45, 2.75) is 19.8 Å². The van der Waals surface area contributed by atoms with Crippen LogP contribution in [0.3, 0.4) is 0 Å². The predicted octanol–water partition coefficient (Wildman–Crippen LogP) is 0.853. The van der Waals surface area contributed by atoms with Gasteiger partial charge in [0, 0.05) is 6.42 Å². The Morgan fingerprint density at radius 3 is 2.89 bits per heavy atom. The molecule has 50 valence electrons. The van der Waals surface area contributed by atoms with E-state index in [-0.39, 0.29) is 12.6 Å². The van der Waals surface area contributed by atoms with Crippen molar-refractivity contribution in [2.24, 2.45) is 0 Å². The van der Waals surface area contributed by atoms with E-state index in [1.54, 1.807) is 6.07 Å². The maximum atomic E-state index is 10.4. The highest BCUT2D eigenvalue weighted by molar-refractivity contribution is 5.69. The van der Waals surface area contributed by atoms with Crippen LogP contribution < -0.4 is 0 Å². The summed E-state index contributed by atoms with van der Waals surface area (Å²) in [5, 5.41) is 7.96. The molecule has 0 aromatic rings. The number of hydrogen-bond donors (Lipinski definition) is 0. The Morgan fingerprint density at radius 2 is 2.44 bits per heavy atom. The van der Waals surface area contributed by atoms with Gasteiger partial charge in [0.25, 0.3) is 0 Å². The zero-order chi connectivity index (χ0) is 7.11. The number of esters is 1. The molecule has 0 atom stereocenters. The van der Waals surface area contributed by atoms with Crippen molar-refractivity contribution in [2.75, 3.05) is 6.61 Å². The van der Waals surface area contributed by atoms with Crippen molar-refractivity contribution >= 4 is 5.97 Å². The summed E-state index contributed by atoms with van der Waals surface area (Å²) in [5.74, 6) is -0.293. The summed E-state index contributed by atoms with van der Waals surface area (Å²) in [4.78, 5) is 10.4. The molecule has 0 bridgehead atoms. The lowest BCUT2D eigenvalue weighted by Crippen LogP contribution is -2.02. The number of nitriles is 1. The van der Waals surface area contributed by atoms with Crippen LogP contribution in [0.1, 0.15) is 19.8 Å². The Labute approximate surface area is 54.2 Å². The van der Waals surface area contributed by atoms with Crippen molar-refractivity contribution in [1.82, 2.24) is 0 Å². The molecule has 0 aromatic carbocycles. The molecule has 0 aliphatic heterocycles. The van der Waals surface area contributed by atoms with E-state index in [0.717, 1.165) is 6.42 Å². The Balaban J connectivity index is 3.19. The van der Waals surface area contributed by atoms with Crippen LogP contribution in [0, 0.1) is 11.3 Å². The molecule has 0 amide bonds. The zero-order valence-corrected chi connectivity index (χ0v) is 5.39. The van der Waals surface area contributed by atoms with Gasteiger partial charge in [-0.2, -0.15) is 5.26 Å². The molecule has 0 aliphatic carbocycles. The third kappa shape index (κ3) is 4.82. The molecule has 0 aromatic heterocycles. The number of ether oxygens (including phenoxy) is 1. The van der Waals surface area contributed by atoms with Gasteiger partial charge in [0.15, 0.2) is 6.61 Å². The van der Waals surface area contributed by atoms with Gasteiger partial charge in [-0.15, -0.1) is 0 Å². The number of rotatable bonds is 3. The Morgan fingerprint density at radius 1 is 1.78 bits per heavy atom. The van der Waals surface area contributed by atoms with Gasteiger partial charge in [-0.05, 0) is 6.42 Å². The van der Waals surface area contributed by atoms with E-state index in [9.17, 15) is 4.79 Å². The van der Waals surface area contributed by atoms with E-state index in [2.05, 4.69) is 4.74 Å². The Bertz CT molecular complexity index is 126. The van der Waals surface area contributed by atoms with Gasteiger partial charge in [-0.1, -0.05) is 6.92 Å². The fourth-order valence-electron chi connectivity index (χ4n) is 0.389. The number of carbonyl (C=O) groups excluding carboxylic acids is 1. The van der Waals surface area contributed by atoms with Gasteiger partial charge in [0.05, 0.1) is 0 Å². The molecule has 0 rings (SSSR count). The molecule has 0 spiro atoms. The van der Waals surface area contributed by atoms with Crippen LogP contribution in [0.15, 0.2) is 0 Å². The minimum Gasteiger partial charge on any atom is -0.450 e. The highest BCUT2D eigenvalue weighted by Gasteiger charge is 1.97. The molecule has 0 radical (unpaired) electrons. The van der Waals surface area contributed by atoms with Crippen molar-refractivity contribution in [3.05, 3.63) is 0 Å². The van der Waals surface area contributed by atoms with Crippen molar-refractivity contribution in [1.29, 1.82) is 5.26 Å². The lowest BCUT2D eigenvalue weighted by atomic mass is 10.3. The summed E-state index contributed by atoms with van der Waals surface area (Å²) in [7, 11) is 0. The second-order valence-electron chi connectivity index (χ2n) is 1.57. The van der Waals surface area contributed by atoms with E-state index in [1.807, 2.05) is 6.92 Å². The first-order chi connectivity index (χ1) is 4.31. The molecule has 3 heteroatoms. The molecule has 9 heavy (non-hydrogen) atoms. The summed E-state index contributed by atoms with van der Waals surface area (Å²) in [6.07, 6.45) is 1.17. The van der Waals surface area contributed by atoms with E-state index >= 15 is 0 Å². The normalized spacial score (nSPS) is 8.00. The molecule has 0 unspecified atom stereocenters. The second-order valence-corrected chi connectivity index (χ2v) is 1.57. The summed E-state index contributed by atoms with van der Waals surface area (Å²) in [5.41, 5.74) is 0. The van der Waals surface area contributed by atoms with Gasteiger partial charge < -0.3 is 4.74 Å². The van der Waals surface area contributed by atoms with Crippen LogP contribution in [0.4, 0.5) is 0 Å². The van der Waals surface area contributed by atoms with Gasteiger partial charge in [0.2, 0.25) is 0 Å². The Kier molecular flexibility index (Phi) is 4.51. The third-order valence-electron chi connectivity index (χ3n) is 0.752. The maximum absolute atomic E-state index is 10.4. The lowest BCUT2D eigenvalue weighted by Gasteiger charge is -1.94. The van der Waals surface area contributed by atoms with Crippen LogP contribution in [-0.4, -0.2) is 12.6 Å². The lowest BCUT2D eigenvalue weighted by molar-refractivity contribution is -0.142. The van der Waals surface area contributed by atoms with Crippen molar-refractivity contribution in [3.63, 3.8) is 0 Å². The molecule has 3 nitrogen and oxygen atoms in total. The van der Waals surface area contributed by atoms with Gasteiger partial charge in [-0.25, -0.2) is 0 Å². The third-order valence-corrected chi connectivity index (χ3v) is 0.752. The average molecular weight is 127 g/mol. The summed E-state index contributed by atoms with van der Waals surface area (Å²) in [6, 6.07) is 1.71. The number of nitrogens with zero attached hydrogens (tertiary/aromatic N) is 1. The van der Waals surface area contributed by atoms with Crippen LogP contribution >= 0.6 is 0 Å². The standard InChI is InChI=1S/C6H9NO2/c1-2-3-6(8)9-5-4-7/h2-3,5H2,1H3. The van der Waals surface area contributed by atoms with E-state index in [1.165, 1.54) is 0 Å². The van der Waals surface area contributed by atoms with Crippen molar-refractivity contribution in [3.8, 4) is 6.07 Å². The summed E-state index contributed by atoms with van der Waals surface area (Å²) in [6.45, 7) is 1.76. The van der Waals surface area contributed by atoms with Crippen molar-refractivity contribution < 1.29 is 9.53 Å². The topological polar surface area (TPSA) is 50.1 Å². The number of carbonyl (C=O) groups is 1. The molecular weight excluding hydrogens is 118 g/mol. The Hall–Kier alpha value is -1.04. The molecule has 0 fully saturated rings. The molecule has 0 N–H and O–H groups in total. The molecule has 0 heterocycles. The summed E-state index contributed by atoms with van der Waals surface area (Å²) < 4.78 is 4.43. The first-order valence-corrected chi connectivity index (χ1v) is 2.83. The molecule has 0 saturated heterocycles. The maximum Gasteiger partial charge on any atom is 0.306 e. The predicted molar refractivity (Wildman–Crippen MR) is 31.5 cm³/mol. The zero-order valence-electron chi connectivity index (χ0n) is 5.39. The minimum absolute atomic E-state index is 0.126. The molecule has 0 aliphatic rings. The van der Waals surface area contributed by atoms with Crippen LogP contribution in [0.25, 0.3) is 0 Å². The van der Waals surface area contributed by atoms with Gasteiger partial charge >= 0.3 is 5.97 Å². The monoisotopic (exact) mass is 127 g/mol. The number of hydrogen-bond acceptors (Lipinski definition) is 3. The fourth-order valence-corrected chi connectivity index (χ4v) is 0.389. The smallest absolute Gasteiger partial charge is 0.306 e. The van der Waals surface area contributed by atoms with E-state index < -0.39 is 0 Å². The van der Waals surface area contributed by atoms with E-state index in [0.29, 0.717) is 6.42 Å². The van der Waals surface area contributed by atoms with Crippen LogP contribution in [0.2, 0.25) is 0 Å². The molecular formula is C6H9NO2. The van der Waals surface area contributed by atoms with E-state index in [4.69, 9.17) is 5.26 Å².